The van der Waals surface area contributed by atoms with Gasteiger partial charge in [-0.05, 0) is 49.7 Å². The van der Waals surface area contributed by atoms with Crippen molar-refractivity contribution < 1.29 is 4.74 Å². The maximum atomic E-state index is 5.44. The first-order valence-corrected chi connectivity index (χ1v) is 4.92. The first-order valence-electron chi connectivity index (χ1n) is 4.92. The molecule has 1 aromatic carbocycles. The Bertz CT molecular complexity index is 312. The first kappa shape index (κ1) is 12.0. The molecule has 4 heteroatoms. The highest BCUT2D eigenvalue weighted by atomic mass is 16.5. The molecular weight excluding hydrogens is 190 g/mol. The number of methoxy groups -OCH3 is 1. The summed E-state index contributed by atoms with van der Waals surface area (Å²) in [5, 5.41) is 3.08. The molecule has 1 aromatic rings. The van der Waals surface area contributed by atoms with E-state index in [0.29, 0.717) is 0 Å². The Morgan fingerprint density at radius 1 is 1.27 bits per heavy atom. The largest absolute Gasteiger partial charge is 0.496 e. The number of aryl methyl sites for hydroxylation is 2. The van der Waals surface area contributed by atoms with Crippen molar-refractivity contribution in [1.29, 1.82) is 0 Å². The number of hydrogen-bond acceptors (Lipinski definition) is 4. The molecule has 0 spiro atoms. The third-order valence-corrected chi connectivity index (χ3v) is 2.48. The second-order valence-corrected chi connectivity index (χ2v) is 3.58. The molecule has 0 saturated heterocycles. The number of hydrogen-bond donors (Lipinski definition) is 3. The van der Waals surface area contributed by atoms with E-state index >= 15 is 0 Å². The SMILES string of the molecule is CNC(NN)c1cc(C)c(OC)c(C)c1. The summed E-state index contributed by atoms with van der Waals surface area (Å²) in [5.74, 6) is 6.38. The van der Waals surface area contributed by atoms with E-state index in [1.807, 2.05) is 20.9 Å². The van der Waals surface area contributed by atoms with Crippen molar-refractivity contribution in [2.45, 2.75) is 20.0 Å². The summed E-state index contributed by atoms with van der Waals surface area (Å²) in [6.45, 7) is 4.05. The second kappa shape index (κ2) is 5.11. The molecule has 0 bridgehead atoms. The van der Waals surface area contributed by atoms with Crippen molar-refractivity contribution in [3.8, 4) is 5.75 Å². The van der Waals surface area contributed by atoms with Crippen LogP contribution >= 0.6 is 0 Å². The topological polar surface area (TPSA) is 59.3 Å². The Morgan fingerprint density at radius 3 is 2.13 bits per heavy atom. The Hall–Kier alpha value is -1.10. The van der Waals surface area contributed by atoms with Gasteiger partial charge in [-0.3, -0.25) is 5.84 Å². The summed E-state index contributed by atoms with van der Waals surface area (Å²) in [6, 6.07) is 4.12. The number of ether oxygens (including phenoxy) is 1. The number of benzene rings is 1. The lowest BCUT2D eigenvalue weighted by Crippen LogP contribution is -2.36. The summed E-state index contributed by atoms with van der Waals surface area (Å²) in [4.78, 5) is 0. The minimum Gasteiger partial charge on any atom is -0.496 e. The molecule has 84 valence electrons. The maximum Gasteiger partial charge on any atom is 0.124 e. The van der Waals surface area contributed by atoms with Gasteiger partial charge in [0, 0.05) is 0 Å². The minimum atomic E-state index is -0.0340. The molecule has 0 amide bonds. The van der Waals surface area contributed by atoms with Crippen LogP contribution in [0, 0.1) is 13.8 Å². The summed E-state index contributed by atoms with van der Waals surface area (Å²) >= 11 is 0. The number of rotatable bonds is 4. The fourth-order valence-corrected chi connectivity index (χ4v) is 1.82. The van der Waals surface area contributed by atoms with E-state index in [1.165, 1.54) is 0 Å². The van der Waals surface area contributed by atoms with Crippen LogP contribution in [-0.2, 0) is 0 Å². The molecule has 0 fully saturated rings. The average molecular weight is 209 g/mol. The molecule has 1 rings (SSSR count). The average Bonchev–Trinajstić information content (AvgIpc) is 2.19. The third-order valence-electron chi connectivity index (χ3n) is 2.48. The van der Waals surface area contributed by atoms with Gasteiger partial charge in [-0.25, -0.2) is 5.43 Å². The van der Waals surface area contributed by atoms with Crippen molar-refractivity contribution in [3.63, 3.8) is 0 Å². The normalized spacial score (nSPS) is 12.6. The van der Waals surface area contributed by atoms with E-state index in [1.54, 1.807) is 7.11 Å². The Morgan fingerprint density at radius 2 is 1.80 bits per heavy atom. The fourth-order valence-electron chi connectivity index (χ4n) is 1.82. The van der Waals surface area contributed by atoms with E-state index in [2.05, 4.69) is 22.9 Å². The molecule has 4 N–H and O–H groups in total. The molecule has 0 radical (unpaired) electrons. The number of nitrogens with two attached hydrogens (primary N) is 1. The van der Waals surface area contributed by atoms with Crippen LogP contribution in [0.15, 0.2) is 12.1 Å². The highest BCUT2D eigenvalue weighted by Crippen LogP contribution is 2.26. The van der Waals surface area contributed by atoms with Gasteiger partial charge in [-0.1, -0.05) is 0 Å². The smallest absolute Gasteiger partial charge is 0.124 e. The van der Waals surface area contributed by atoms with Gasteiger partial charge in [0.1, 0.15) is 5.75 Å². The lowest BCUT2D eigenvalue weighted by molar-refractivity contribution is 0.407. The van der Waals surface area contributed by atoms with Crippen molar-refractivity contribution in [2.24, 2.45) is 5.84 Å². The zero-order valence-corrected chi connectivity index (χ0v) is 9.72. The van der Waals surface area contributed by atoms with Gasteiger partial charge >= 0.3 is 0 Å². The molecule has 0 aliphatic rings. The minimum absolute atomic E-state index is 0.0340. The van der Waals surface area contributed by atoms with Crippen LogP contribution in [0.4, 0.5) is 0 Å². The monoisotopic (exact) mass is 209 g/mol. The Kier molecular flexibility index (Phi) is 4.08. The van der Waals surface area contributed by atoms with E-state index in [0.717, 1.165) is 22.4 Å². The van der Waals surface area contributed by atoms with Crippen LogP contribution in [-0.4, -0.2) is 14.2 Å². The van der Waals surface area contributed by atoms with Crippen LogP contribution in [0.1, 0.15) is 22.9 Å². The molecule has 0 aliphatic heterocycles. The molecule has 1 unspecified atom stereocenters. The van der Waals surface area contributed by atoms with Crippen LogP contribution < -0.4 is 21.3 Å². The molecule has 0 heterocycles. The standard InChI is InChI=1S/C11H19N3O/c1-7-5-9(11(13-3)14-12)6-8(2)10(7)15-4/h5-6,11,13-14H,12H2,1-4H3. The second-order valence-electron chi connectivity index (χ2n) is 3.58. The zero-order chi connectivity index (χ0) is 11.4. The maximum absolute atomic E-state index is 5.44. The van der Waals surface area contributed by atoms with Crippen LogP contribution in [0.25, 0.3) is 0 Å². The van der Waals surface area contributed by atoms with Crippen molar-refractivity contribution in [3.05, 3.63) is 28.8 Å². The molecule has 0 aliphatic carbocycles. The van der Waals surface area contributed by atoms with Gasteiger partial charge in [0.25, 0.3) is 0 Å². The fraction of sp³-hybridized carbons (Fsp3) is 0.455. The number of hydrazine groups is 1. The van der Waals surface area contributed by atoms with Gasteiger partial charge in [0.15, 0.2) is 0 Å². The van der Waals surface area contributed by atoms with Crippen LogP contribution in [0.5, 0.6) is 5.75 Å². The molecule has 4 nitrogen and oxygen atoms in total. The highest BCUT2D eigenvalue weighted by Gasteiger charge is 2.11. The predicted octanol–water partition coefficient (Wildman–Crippen LogP) is 0.993. The zero-order valence-electron chi connectivity index (χ0n) is 9.72. The van der Waals surface area contributed by atoms with Crippen molar-refractivity contribution in [1.82, 2.24) is 10.7 Å². The summed E-state index contributed by atoms with van der Waals surface area (Å²) < 4.78 is 5.31. The predicted molar refractivity (Wildman–Crippen MR) is 61.6 cm³/mol. The van der Waals surface area contributed by atoms with Gasteiger partial charge in [-0.2, -0.15) is 0 Å². The molecule has 0 saturated carbocycles. The Balaban J connectivity index is 3.12. The highest BCUT2D eigenvalue weighted by molar-refractivity contribution is 5.44. The van der Waals surface area contributed by atoms with Gasteiger partial charge in [0.05, 0.1) is 13.3 Å². The van der Waals surface area contributed by atoms with Crippen LogP contribution in [0.3, 0.4) is 0 Å². The Labute approximate surface area is 90.8 Å². The molecule has 0 aromatic heterocycles. The quantitative estimate of drug-likeness (QED) is 0.393. The van der Waals surface area contributed by atoms with Crippen molar-refractivity contribution >= 4 is 0 Å². The lowest BCUT2D eigenvalue weighted by atomic mass is 10.0. The van der Waals surface area contributed by atoms with Crippen molar-refractivity contribution in [2.75, 3.05) is 14.2 Å². The first-order chi connectivity index (χ1) is 7.13. The van der Waals surface area contributed by atoms with Gasteiger partial charge < -0.3 is 10.1 Å². The number of nitrogens with one attached hydrogen (secondary N) is 2. The lowest BCUT2D eigenvalue weighted by Gasteiger charge is -2.18. The van der Waals surface area contributed by atoms with E-state index in [4.69, 9.17) is 10.6 Å². The summed E-state index contributed by atoms with van der Waals surface area (Å²) in [6.07, 6.45) is -0.0340. The molecular formula is C11H19N3O. The van der Waals surface area contributed by atoms with E-state index < -0.39 is 0 Å². The molecule has 15 heavy (non-hydrogen) atoms. The summed E-state index contributed by atoms with van der Waals surface area (Å²) in [5.41, 5.74) is 6.04. The third kappa shape index (κ3) is 2.47. The van der Waals surface area contributed by atoms with Gasteiger partial charge in [0.2, 0.25) is 0 Å². The molecule has 1 atom stereocenters. The van der Waals surface area contributed by atoms with Crippen LogP contribution in [0.2, 0.25) is 0 Å². The van der Waals surface area contributed by atoms with Gasteiger partial charge in [-0.15, -0.1) is 0 Å². The van der Waals surface area contributed by atoms with E-state index in [-0.39, 0.29) is 6.17 Å². The summed E-state index contributed by atoms with van der Waals surface area (Å²) in [7, 11) is 3.55. The van der Waals surface area contributed by atoms with E-state index in [9.17, 15) is 0 Å².